The second-order valence-corrected chi connectivity index (χ2v) is 9.61. The molecular formula is C18H25N5O3S. The summed E-state index contributed by atoms with van der Waals surface area (Å²) in [6.07, 6.45) is 5.48. The van der Waals surface area contributed by atoms with Gasteiger partial charge in [0.1, 0.15) is 11.5 Å². The van der Waals surface area contributed by atoms with Crippen LogP contribution in [0.2, 0.25) is 0 Å². The molecule has 3 heterocycles. The molecule has 9 heteroatoms. The van der Waals surface area contributed by atoms with Crippen LogP contribution in [-0.4, -0.2) is 67.1 Å². The second-order valence-electron chi connectivity index (χ2n) is 7.29. The number of carbonyl (C=O) groups excluding carboxylic acids is 1. The van der Waals surface area contributed by atoms with E-state index in [0.29, 0.717) is 12.4 Å². The van der Waals surface area contributed by atoms with Crippen molar-refractivity contribution in [3.63, 3.8) is 0 Å². The molecule has 2 fully saturated rings. The van der Waals surface area contributed by atoms with Gasteiger partial charge >= 0.3 is 0 Å². The molecule has 8 nitrogen and oxygen atoms in total. The zero-order valence-corrected chi connectivity index (χ0v) is 16.4. The summed E-state index contributed by atoms with van der Waals surface area (Å²) in [5.74, 6) is 0.757. The van der Waals surface area contributed by atoms with Gasteiger partial charge in [0, 0.05) is 49.9 Å². The van der Waals surface area contributed by atoms with E-state index in [9.17, 15) is 13.2 Å². The van der Waals surface area contributed by atoms with Crippen molar-refractivity contribution in [2.75, 3.05) is 35.7 Å². The van der Waals surface area contributed by atoms with Gasteiger partial charge in [-0.1, -0.05) is 0 Å². The Kier molecular flexibility index (Phi) is 4.59. The second kappa shape index (κ2) is 6.79. The first-order valence-electron chi connectivity index (χ1n) is 9.37. The lowest BCUT2D eigenvalue weighted by atomic mass is 10.2. The number of nitrogens with zero attached hydrogens (tertiary/aromatic N) is 4. The fourth-order valence-corrected chi connectivity index (χ4v) is 4.80. The molecule has 0 aromatic carbocycles. The highest BCUT2D eigenvalue weighted by atomic mass is 32.2. The highest BCUT2D eigenvalue weighted by Crippen LogP contribution is 2.36. The van der Waals surface area contributed by atoms with Crippen LogP contribution in [0.1, 0.15) is 26.2 Å². The number of hydrogen-bond acceptors (Lipinski definition) is 5. The maximum absolute atomic E-state index is 12.2. The molecule has 1 saturated carbocycles. The molecule has 2 aliphatic rings. The monoisotopic (exact) mass is 391 g/mol. The zero-order valence-electron chi connectivity index (χ0n) is 15.6. The molecule has 4 rings (SSSR count). The van der Waals surface area contributed by atoms with E-state index >= 15 is 0 Å². The smallest absolute Gasteiger partial charge is 0.215 e. The van der Waals surface area contributed by atoms with Crippen molar-refractivity contribution in [2.45, 2.75) is 38.3 Å². The van der Waals surface area contributed by atoms with E-state index in [1.165, 1.54) is 4.31 Å². The Morgan fingerprint density at radius 1 is 1.33 bits per heavy atom. The van der Waals surface area contributed by atoms with Gasteiger partial charge in [-0.25, -0.2) is 17.7 Å². The Hall–Kier alpha value is -2.13. The fourth-order valence-electron chi connectivity index (χ4n) is 3.77. The van der Waals surface area contributed by atoms with Crippen molar-refractivity contribution < 1.29 is 13.2 Å². The standard InChI is InChI=1S/C18H25N5O3S/c1-3-27(25,26)21(2)14-7-9-22(11-14)16-10-17(23(12-24)13-4-5-13)20-18-15(16)6-8-19-18/h6,8,10,12-14H,3-5,7,9,11H2,1-2H3,(H,19,20)/t14-/m0/s1. The van der Waals surface area contributed by atoms with Gasteiger partial charge in [0.05, 0.1) is 11.4 Å². The number of anilines is 2. The molecule has 1 amide bonds. The van der Waals surface area contributed by atoms with E-state index in [2.05, 4.69) is 14.9 Å². The lowest BCUT2D eigenvalue weighted by molar-refractivity contribution is -0.107. The van der Waals surface area contributed by atoms with Crippen molar-refractivity contribution in [3.05, 3.63) is 18.3 Å². The minimum absolute atomic E-state index is 0.0498. The van der Waals surface area contributed by atoms with E-state index in [1.807, 2.05) is 18.3 Å². The van der Waals surface area contributed by atoms with E-state index in [0.717, 1.165) is 48.9 Å². The molecule has 1 saturated heterocycles. The van der Waals surface area contributed by atoms with E-state index in [1.54, 1.807) is 18.9 Å². The summed E-state index contributed by atoms with van der Waals surface area (Å²) in [6, 6.07) is 4.12. The van der Waals surface area contributed by atoms with Crippen LogP contribution in [0, 0.1) is 0 Å². The molecule has 0 radical (unpaired) electrons. The Labute approximate surface area is 159 Å². The number of sulfonamides is 1. The topological polar surface area (TPSA) is 89.6 Å². The number of likely N-dealkylation sites (N-methyl/N-ethyl adjacent to an activating group) is 1. The van der Waals surface area contributed by atoms with Gasteiger partial charge in [0.2, 0.25) is 16.4 Å². The van der Waals surface area contributed by atoms with Crippen LogP contribution in [0.3, 0.4) is 0 Å². The van der Waals surface area contributed by atoms with Gasteiger partial charge in [-0.3, -0.25) is 9.69 Å². The summed E-state index contributed by atoms with van der Waals surface area (Å²) in [5.41, 5.74) is 1.74. The Bertz CT molecular complexity index is 953. The van der Waals surface area contributed by atoms with Crippen molar-refractivity contribution in [3.8, 4) is 0 Å². The largest absolute Gasteiger partial charge is 0.369 e. The summed E-state index contributed by atoms with van der Waals surface area (Å²) in [5, 5.41) is 0.988. The summed E-state index contributed by atoms with van der Waals surface area (Å²) in [6.45, 7) is 3.06. The molecule has 27 heavy (non-hydrogen) atoms. The first-order chi connectivity index (χ1) is 12.9. The molecule has 0 unspecified atom stereocenters. The van der Waals surface area contributed by atoms with Gasteiger partial charge in [0.25, 0.3) is 0 Å². The van der Waals surface area contributed by atoms with Crippen molar-refractivity contribution >= 4 is 39.0 Å². The van der Waals surface area contributed by atoms with E-state index in [4.69, 9.17) is 0 Å². The molecule has 146 valence electrons. The van der Waals surface area contributed by atoms with Crippen LogP contribution in [0.5, 0.6) is 0 Å². The third-order valence-corrected chi connectivity index (χ3v) is 7.54. The van der Waals surface area contributed by atoms with Crippen molar-refractivity contribution in [2.24, 2.45) is 0 Å². The van der Waals surface area contributed by atoms with Crippen molar-refractivity contribution in [1.82, 2.24) is 14.3 Å². The Morgan fingerprint density at radius 3 is 2.78 bits per heavy atom. The molecular weight excluding hydrogens is 366 g/mol. The van der Waals surface area contributed by atoms with Crippen molar-refractivity contribution in [1.29, 1.82) is 0 Å². The average Bonchev–Trinajstić information content (AvgIpc) is 3.19. The normalized spacial score (nSPS) is 20.6. The molecule has 0 spiro atoms. The van der Waals surface area contributed by atoms with E-state index < -0.39 is 10.0 Å². The highest BCUT2D eigenvalue weighted by Gasteiger charge is 2.34. The third kappa shape index (κ3) is 3.29. The number of aromatic amines is 1. The highest BCUT2D eigenvalue weighted by molar-refractivity contribution is 7.89. The predicted molar refractivity (Wildman–Crippen MR) is 106 cm³/mol. The zero-order chi connectivity index (χ0) is 19.2. The number of carbonyl (C=O) groups is 1. The van der Waals surface area contributed by atoms with Gasteiger partial charge in [-0.15, -0.1) is 0 Å². The first-order valence-corrected chi connectivity index (χ1v) is 11.0. The summed E-state index contributed by atoms with van der Waals surface area (Å²) >= 11 is 0. The number of aromatic nitrogens is 2. The van der Waals surface area contributed by atoms with Crippen LogP contribution in [0.4, 0.5) is 11.5 Å². The lowest BCUT2D eigenvalue weighted by Gasteiger charge is -2.25. The van der Waals surface area contributed by atoms with Crippen LogP contribution in [0.15, 0.2) is 18.3 Å². The Morgan fingerprint density at radius 2 is 2.11 bits per heavy atom. The molecule has 0 bridgehead atoms. The van der Waals surface area contributed by atoms with Crippen LogP contribution in [-0.2, 0) is 14.8 Å². The third-order valence-electron chi connectivity index (χ3n) is 5.63. The SMILES string of the molecule is CCS(=O)(=O)N(C)[C@H]1CCN(c2cc(N(C=O)C3CC3)nc3[nH]ccc23)C1. The summed E-state index contributed by atoms with van der Waals surface area (Å²) in [7, 11) is -1.55. The molecule has 2 aromatic heterocycles. The fraction of sp³-hybridized carbons (Fsp3) is 0.556. The molecule has 1 atom stereocenters. The maximum Gasteiger partial charge on any atom is 0.215 e. The van der Waals surface area contributed by atoms with Crippen LogP contribution >= 0.6 is 0 Å². The average molecular weight is 391 g/mol. The number of amides is 1. The Balaban J connectivity index is 1.65. The molecule has 1 aliphatic heterocycles. The first kappa shape index (κ1) is 18.2. The molecule has 1 aliphatic carbocycles. The lowest BCUT2D eigenvalue weighted by Crippen LogP contribution is -2.39. The van der Waals surface area contributed by atoms with Gasteiger partial charge in [-0.05, 0) is 32.3 Å². The van der Waals surface area contributed by atoms with E-state index in [-0.39, 0.29) is 17.8 Å². The number of hydrogen-bond donors (Lipinski definition) is 1. The number of fused-ring (bicyclic) bond motifs is 1. The van der Waals surface area contributed by atoms with Crippen LogP contribution in [0.25, 0.3) is 11.0 Å². The number of pyridine rings is 1. The molecule has 2 aromatic rings. The van der Waals surface area contributed by atoms with Gasteiger partial charge in [-0.2, -0.15) is 0 Å². The number of H-pyrrole nitrogens is 1. The minimum Gasteiger partial charge on any atom is -0.369 e. The summed E-state index contributed by atoms with van der Waals surface area (Å²) in [4.78, 5) is 23.2. The quantitative estimate of drug-likeness (QED) is 0.724. The minimum atomic E-state index is -3.21. The maximum atomic E-state index is 12.2. The van der Waals surface area contributed by atoms with Crippen LogP contribution < -0.4 is 9.80 Å². The van der Waals surface area contributed by atoms with Gasteiger partial charge in [0.15, 0.2) is 0 Å². The number of rotatable bonds is 7. The van der Waals surface area contributed by atoms with Gasteiger partial charge < -0.3 is 9.88 Å². The number of nitrogens with one attached hydrogen (secondary N) is 1. The predicted octanol–water partition coefficient (Wildman–Crippen LogP) is 1.55. The molecule has 1 N–H and O–H groups in total. The summed E-state index contributed by atoms with van der Waals surface area (Å²) < 4.78 is 25.9.